The number of nitrogens with one attached hydrogen (secondary N) is 1. The molecule has 1 fully saturated rings. The molecule has 1 aliphatic heterocycles. The second-order valence-electron chi connectivity index (χ2n) is 8.37. The van der Waals surface area contributed by atoms with Gasteiger partial charge in [0.1, 0.15) is 17.1 Å². The molecule has 4 nitrogen and oxygen atoms in total. The van der Waals surface area contributed by atoms with Crippen molar-refractivity contribution in [2.24, 2.45) is 0 Å². The molecule has 2 aromatic carbocycles. The molecule has 0 saturated heterocycles. The summed E-state index contributed by atoms with van der Waals surface area (Å²) in [4.78, 5) is 2.54. The van der Waals surface area contributed by atoms with Gasteiger partial charge in [-0.1, -0.05) is 36.4 Å². The largest absolute Gasteiger partial charge is 0.496 e. The van der Waals surface area contributed by atoms with Crippen molar-refractivity contribution in [3.05, 3.63) is 59.2 Å². The summed E-state index contributed by atoms with van der Waals surface area (Å²) in [6.45, 7) is 4.85. The first-order chi connectivity index (χ1) is 13.6. The summed E-state index contributed by atoms with van der Waals surface area (Å²) in [5.74, 6) is 2.07. The van der Waals surface area contributed by atoms with Crippen LogP contribution in [-0.4, -0.2) is 37.2 Å². The number of nitrogens with zero attached hydrogens (tertiary/aromatic N) is 1. The zero-order valence-electron chi connectivity index (χ0n) is 17.3. The maximum absolute atomic E-state index is 6.73. The van der Waals surface area contributed by atoms with Crippen LogP contribution in [0, 0.1) is 6.92 Å². The zero-order chi connectivity index (χ0) is 19.6. The van der Waals surface area contributed by atoms with E-state index in [1.54, 1.807) is 7.11 Å². The Morgan fingerprint density at radius 2 is 1.93 bits per heavy atom. The lowest BCUT2D eigenvalue weighted by Gasteiger charge is -2.41. The quantitative estimate of drug-likeness (QED) is 0.857. The summed E-state index contributed by atoms with van der Waals surface area (Å²) in [6.07, 6.45) is 4.52. The summed E-state index contributed by atoms with van der Waals surface area (Å²) >= 11 is 0. The van der Waals surface area contributed by atoms with Crippen LogP contribution in [0.3, 0.4) is 0 Å². The number of methoxy groups -OCH3 is 1. The summed E-state index contributed by atoms with van der Waals surface area (Å²) < 4.78 is 12.4. The third-order valence-electron chi connectivity index (χ3n) is 6.40. The van der Waals surface area contributed by atoms with Gasteiger partial charge in [0, 0.05) is 36.8 Å². The van der Waals surface area contributed by atoms with Crippen LogP contribution in [0.5, 0.6) is 11.5 Å². The highest BCUT2D eigenvalue weighted by molar-refractivity contribution is 5.41. The first-order valence-electron chi connectivity index (χ1n) is 10.4. The molecule has 4 heteroatoms. The topological polar surface area (TPSA) is 33.7 Å². The average Bonchev–Trinajstić information content (AvgIpc) is 2.85. The number of fused-ring (bicyclic) bond motifs is 1. The lowest BCUT2D eigenvalue weighted by molar-refractivity contribution is -0.00334. The van der Waals surface area contributed by atoms with Crippen LogP contribution in [-0.2, 0) is 13.1 Å². The molecule has 1 heterocycles. The van der Waals surface area contributed by atoms with Crippen LogP contribution >= 0.6 is 0 Å². The van der Waals surface area contributed by atoms with Crippen LogP contribution in [0.1, 0.15) is 42.4 Å². The Labute approximate surface area is 168 Å². The Morgan fingerprint density at radius 3 is 2.68 bits per heavy atom. The Hall–Kier alpha value is -2.04. The molecule has 150 valence electrons. The van der Waals surface area contributed by atoms with Gasteiger partial charge in [-0.3, -0.25) is 4.90 Å². The molecule has 0 amide bonds. The van der Waals surface area contributed by atoms with Crippen LogP contribution in [0.2, 0.25) is 0 Å². The first kappa shape index (κ1) is 19.3. The van der Waals surface area contributed by atoms with Gasteiger partial charge in [0.2, 0.25) is 0 Å². The fraction of sp³-hybridized carbons (Fsp3) is 0.500. The smallest absolute Gasteiger partial charge is 0.126 e. The molecule has 28 heavy (non-hydrogen) atoms. The highest BCUT2D eigenvalue weighted by Crippen LogP contribution is 2.39. The average molecular weight is 381 g/mol. The first-order valence-corrected chi connectivity index (χ1v) is 10.4. The normalized spacial score (nSPS) is 25.0. The molecule has 1 spiro atoms. The van der Waals surface area contributed by atoms with E-state index in [0.717, 1.165) is 44.0 Å². The predicted octanol–water partition coefficient (Wildman–Crippen LogP) is 4.30. The molecule has 0 aromatic heterocycles. The monoisotopic (exact) mass is 380 g/mol. The fourth-order valence-electron chi connectivity index (χ4n) is 4.88. The number of hydrogen-bond donors (Lipinski definition) is 1. The number of aryl methyl sites for hydroxylation is 1. The minimum Gasteiger partial charge on any atom is -0.496 e. The predicted molar refractivity (Wildman–Crippen MR) is 113 cm³/mol. The van der Waals surface area contributed by atoms with E-state index < -0.39 is 0 Å². The minimum atomic E-state index is -0.100. The molecule has 0 radical (unpaired) electrons. The highest BCUT2D eigenvalue weighted by atomic mass is 16.5. The van der Waals surface area contributed by atoms with E-state index in [0.29, 0.717) is 6.04 Å². The lowest BCUT2D eigenvalue weighted by atomic mass is 9.81. The fourth-order valence-corrected chi connectivity index (χ4v) is 4.88. The van der Waals surface area contributed by atoms with Gasteiger partial charge in [0.25, 0.3) is 0 Å². The van der Waals surface area contributed by atoms with Crippen molar-refractivity contribution in [1.82, 2.24) is 10.2 Å². The molecule has 0 unspecified atom stereocenters. The van der Waals surface area contributed by atoms with Gasteiger partial charge in [-0.15, -0.1) is 0 Å². The summed E-state index contributed by atoms with van der Waals surface area (Å²) in [5, 5.41) is 3.45. The zero-order valence-corrected chi connectivity index (χ0v) is 17.3. The Balaban J connectivity index is 1.63. The maximum Gasteiger partial charge on any atom is 0.126 e. The van der Waals surface area contributed by atoms with E-state index in [1.807, 2.05) is 0 Å². The molecule has 2 aliphatic rings. The van der Waals surface area contributed by atoms with Crippen molar-refractivity contribution in [3.8, 4) is 11.5 Å². The van der Waals surface area contributed by atoms with Gasteiger partial charge in [-0.2, -0.15) is 0 Å². The third-order valence-corrected chi connectivity index (χ3v) is 6.40. The Bertz CT molecular complexity index is 812. The van der Waals surface area contributed by atoms with E-state index >= 15 is 0 Å². The van der Waals surface area contributed by atoms with Crippen LogP contribution < -0.4 is 14.8 Å². The second kappa shape index (κ2) is 8.14. The van der Waals surface area contributed by atoms with Crippen molar-refractivity contribution in [2.45, 2.75) is 57.3 Å². The molecular formula is C24H32N2O2. The number of para-hydroxylation sites is 2. The van der Waals surface area contributed by atoms with E-state index in [4.69, 9.17) is 9.47 Å². The van der Waals surface area contributed by atoms with Crippen molar-refractivity contribution < 1.29 is 9.47 Å². The molecule has 4 rings (SSSR count). The van der Waals surface area contributed by atoms with Crippen LogP contribution in [0.15, 0.2) is 42.5 Å². The van der Waals surface area contributed by atoms with Crippen molar-refractivity contribution >= 4 is 0 Å². The van der Waals surface area contributed by atoms with E-state index in [2.05, 4.69) is 66.7 Å². The van der Waals surface area contributed by atoms with Crippen LogP contribution in [0.4, 0.5) is 0 Å². The van der Waals surface area contributed by atoms with Gasteiger partial charge in [0.15, 0.2) is 0 Å². The standard InChI is InChI=1S/C24H32N2O2/c1-18-7-6-9-20(23(18)27-3)16-26-15-19-8-4-5-10-22(19)28-24(17-26)13-11-21(25-2)12-14-24/h4-10,21,25H,11-17H2,1-3H3. The maximum atomic E-state index is 6.73. The van der Waals surface area contributed by atoms with E-state index in [9.17, 15) is 0 Å². The Kier molecular flexibility index (Phi) is 5.61. The van der Waals surface area contributed by atoms with Gasteiger partial charge < -0.3 is 14.8 Å². The van der Waals surface area contributed by atoms with E-state index in [-0.39, 0.29) is 5.60 Å². The van der Waals surface area contributed by atoms with Crippen molar-refractivity contribution in [1.29, 1.82) is 0 Å². The third kappa shape index (κ3) is 3.89. The number of hydrogen-bond acceptors (Lipinski definition) is 4. The Morgan fingerprint density at radius 1 is 1.14 bits per heavy atom. The van der Waals surface area contributed by atoms with Gasteiger partial charge in [0.05, 0.1) is 7.11 Å². The summed E-state index contributed by atoms with van der Waals surface area (Å²) in [7, 11) is 3.84. The molecule has 1 saturated carbocycles. The van der Waals surface area contributed by atoms with Crippen molar-refractivity contribution in [3.63, 3.8) is 0 Å². The molecule has 0 atom stereocenters. The number of rotatable bonds is 4. The van der Waals surface area contributed by atoms with E-state index in [1.165, 1.54) is 29.5 Å². The van der Waals surface area contributed by atoms with Gasteiger partial charge >= 0.3 is 0 Å². The molecule has 2 aromatic rings. The second-order valence-corrected chi connectivity index (χ2v) is 8.37. The number of benzene rings is 2. The van der Waals surface area contributed by atoms with Crippen LogP contribution in [0.25, 0.3) is 0 Å². The SMILES string of the molecule is CNC1CCC2(CC1)CN(Cc1cccc(C)c1OC)Cc1ccccc1O2. The molecule has 0 bridgehead atoms. The van der Waals surface area contributed by atoms with Gasteiger partial charge in [-0.05, 0) is 51.3 Å². The highest BCUT2D eigenvalue weighted by Gasteiger charge is 2.41. The minimum absolute atomic E-state index is 0.100. The molecule has 1 N–H and O–H groups in total. The van der Waals surface area contributed by atoms with Gasteiger partial charge in [-0.25, -0.2) is 0 Å². The van der Waals surface area contributed by atoms with Crippen molar-refractivity contribution in [2.75, 3.05) is 20.7 Å². The number of ether oxygens (including phenoxy) is 2. The summed E-state index contributed by atoms with van der Waals surface area (Å²) in [5.41, 5.74) is 3.62. The lowest BCUT2D eigenvalue weighted by Crippen LogP contribution is -2.50. The molecule has 1 aliphatic carbocycles. The summed E-state index contributed by atoms with van der Waals surface area (Å²) in [6, 6.07) is 15.6. The molecular weight excluding hydrogens is 348 g/mol.